The Bertz CT molecular complexity index is 1910. The maximum absolute atomic E-state index is 7.01. The lowest BCUT2D eigenvalue weighted by Gasteiger charge is -2.28. The molecule has 0 saturated carbocycles. The molecule has 0 saturated heterocycles. The van der Waals surface area contributed by atoms with Crippen LogP contribution in [0.15, 0.2) is 154 Å². The van der Waals surface area contributed by atoms with Gasteiger partial charge in [-0.1, -0.05) is 133 Å². The molecule has 3 nitrogen and oxygen atoms in total. The lowest BCUT2D eigenvalue weighted by molar-refractivity contribution is 0.612. The van der Waals surface area contributed by atoms with Gasteiger partial charge in [0.05, 0.1) is 6.04 Å². The summed E-state index contributed by atoms with van der Waals surface area (Å²) in [5.74, 6) is 0. The average molecular weight is 552 g/mol. The lowest BCUT2D eigenvalue weighted by atomic mass is 9.99. The van der Waals surface area contributed by atoms with Gasteiger partial charge in [-0.3, -0.25) is 0 Å². The summed E-state index contributed by atoms with van der Waals surface area (Å²) in [6.07, 6.45) is 4.28. The maximum atomic E-state index is 7.01. The fourth-order valence-corrected chi connectivity index (χ4v) is 7.32. The van der Waals surface area contributed by atoms with Crippen molar-refractivity contribution < 1.29 is 8.39 Å². The third-order valence-electron chi connectivity index (χ3n) is 7.65. The predicted molar refractivity (Wildman–Crippen MR) is 174 cm³/mol. The Kier molecular flexibility index (Phi) is 6.90. The van der Waals surface area contributed by atoms with E-state index >= 15 is 0 Å². The van der Waals surface area contributed by atoms with Gasteiger partial charge in [0.25, 0.3) is 0 Å². The van der Waals surface area contributed by atoms with Crippen molar-refractivity contribution in [1.29, 1.82) is 0 Å². The molecule has 200 valence electrons. The van der Waals surface area contributed by atoms with Gasteiger partial charge < -0.3 is 8.39 Å². The number of allylic oxidation sites excluding steroid dienone is 1. The van der Waals surface area contributed by atoms with Crippen molar-refractivity contribution in [3.05, 3.63) is 157 Å². The summed E-state index contributed by atoms with van der Waals surface area (Å²) in [5, 5.41) is 6.84. The zero-order valence-electron chi connectivity index (χ0n) is 22.9. The van der Waals surface area contributed by atoms with Crippen molar-refractivity contribution in [1.82, 2.24) is 0 Å². The Balaban J connectivity index is 1.60. The van der Waals surface area contributed by atoms with E-state index in [4.69, 9.17) is 8.39 Å². The van der Waals surface area contributed by atoms with Crippen molar-refractivity contribution in [2.45, 2.75) is 13.0 Å². The van der Waals surface area contributed by atoms with Crippen LogP contribution in [0.3, 0.4) is 0 Å². The molecule has 0 radical (unpaired) electrons. The van der Waals surface area contributed by atoms with Crippen molar-refractivity contribution in [2.75, 3.05) is 11.2 Å². The van der Waals surface area contributed by atoms with E-state index in [1.165, 1.54) is 21.9 Å². The highest BCUT2D eigenvalue weighted by molar-refractivity contribution is 7.39. The van der Waals surface area contributed by atoms with Crippen LogP contribution in [0.25, 0.3) is 43.5 Å². The monoisotopic (exact) mass is 551 g/mol. The Labute approximate surface area is 240 Å². The molecule has 0 unspecified atom stereocenters. The van der Waals surface area contributed by atoms with E-state index in [1.54, 1.807) is 0 Å². The topological polar surface area (TPSA) is 29.5 Å². The Hall–Kier alpha value is -4.56. The molecule has 1 heterocycles. The minimum atomic E-state index is -1.56. The Morgan fingerprint density at radius 3 is 1.54 bits per heavy atom. The summed E-state index contributed by atoms with van der Waals surface area (Å²) in [4.78, 5) is 0. The second-order valence-corrected chi connectivity index (χ2v) is 11.5. The molecule has 0 aliphatic rings. The van der Waals surface area contributed by atoms with Crippen molar-refractivity contribution >= 4 is 51.6 Å². The van der Waals surface area contributed by atoms with Gasteiger partial charge in [-0.15, -0.1) is 0 Å². The van der Waals surface area contributed by atoms with E-state index in [-0.39, 0.29) is 6.04 Å². The summed E-state index contributed by atoms with van der Waals surface area (Å²) < 4.78 is 16.4. The van der Waals surface area contributed by atoms with Crippen LogP contribution in [0.1, 0.15) is 24.1 Å². The fraction of sp³-hybridized carbons (Fsp3) is 0.0811. The first-order valence-electron chi connectivity index (χ1n) is 14.0. The van der Waals surface area contributed by atoms with Crippen molar-refractivity contribution in [2.24, 2.45) is 0 Å². The van der Waals surface area contributed by atoms with E-state index in [9.17, 15) is 0 Å². The number of hydrogen-bond donors (Lipinski definition) is 0. The van der Waals surface area contributed by atoms with Gasteiger partial charge in [-0.05, 0) is 51.7 Å². The fourth-order valence-electron chi connectivity index (χ4n) is 5.75. The highest BCUT2D eigenvalue weighted by Gasteiger charge is 2.27. The van der Waals surface area contributed by atoms with Crippen LogP contribution in [-0.2, 0) is 0 Å². The predicted octanol–water partition coefficient (Wildman–Crippen LogP) is 10.9. The molecular weight excluding hydrogens is 521 g/mol. The minimum absolute atomic E-state index is 0.0642. The van der Waals surface area contributed by atoms with Crippen molar-refractivity contribution in [3.8, 4) is 0 Å². The van der Waals surface area contributed by atoms with Gasteiger partial charge in [0.2, 0.25) is 0 Å². The van der Waals surface area contributed by atoms with Crippen LogP contribution in [0.4, 0.5) is 0 Å². The minimum Gasteiger partial charge on any atom is -0.408 e. The Morgan fingerprint density at radius 1 is 0.585 bits per heavy atom. The van der Waals surface area contributed by atoms with Gasteiger partial charge >= 0.3 is 8.16 Å². The van der Waals surface area contributed by atoms with Crippen molar-refractivity contribution in [3.63, 3.8) is 0 Å². The number of rotatable bonds is 6. The third-order valence-corrected chi connectivity index (χ3v) is 9.17. The summed E-state index contributed by atoms with van der Waals surface area (Å²) in [6, 6.07) is 46.8. The molecule has 0 aliphatic carbocycles. The summed E-state index contributed by atoms with van der Waals surface area (Å²) in [5.41, 5.74) is 4.07. The molecule has 0 spiro atoms. The summed E-state index contributed by atoms with van der Waals surface area (Å²) >= 11 is 0. The molecule has 0 N–H and O–H groups in total. The molecule has 0 fully saturated rings. The summed E-state index contributed by atoms with van der Waals surface area (Å²) in [6.45, 7) is 2.73. The highest BCUT2D eigenvalue weighted by atomic mass is 31.1. The molecule has 0 aliphatic heterocycles. The van der Waals surface area contributed by atoms with E-state index in [2.05, 4.69) is 157 Å². The van der Waals surface area contributed by atoms with Crippen LogP contribution in [0, 0.1) is 0 Å². The standard InChI is InChI=1S/C37H30NO2P/c1-2-3-26-38(37(29-16-6-4-7-17-29)30-18-8-5-9-19-30)41-39-33-24-22-27-14-10-12-20-31(27)35(33)36-32-21-13-11-15-28(32)23-25-34(36)40-41/h2-25,37H,26H2,1H3/b3-2+. The third kappa shape index (κ3) is 4.74. The first-order chi connectivity index (χ1) is 20.3. The average Bonchev–Trinajstić information content (AvgIpc) is 3.21. The van der Waals surface area contributed by atoms with Crippen LogP contribution in [0.5, 0.6) is 0 Å². The van der Waals surface area contributed by atoms with Crippen LogP contribution in [-0.4, -0.2) is 6.54 Å². The van der Waals surface area contributed by atoms with E-state index < -0.39 is 8.16 Å². The first-order valence-corrected chi connectivity index (χ1v) is 15.1. The smallest absolute Gasteiger partial charge is 0.310 e. The molecule has 4 heteroatoms. The highest BCUT2D eigenvalue weighted by Crippen LogP contribution is 2.45. The number of nitrogens with zero attached hydrogens (tertiary/aromatic N) is 1. The molecule has 1 aromatic heterocycles. The normalized spacial score (nSPS) is 12.0. The zero-order valence-corrected chi connectivity index (χ0v) is 23.7. The number of benzene rings is 6. The van der Waals surface area contributed by atoms with Crippen LogP contribution >= 0.6 is 8.16 Å². The molecule has 7 rings (SSSR count). The van der Waals surface area contributed by atoms with Crippen LogP contribution in [0.2, 0.25) is 0 Å². The molecule has 6 aromatic carbocycles. The van der Waals surface area contributed by atoms with E-state index in [1.807, 2.05) is 0 Å². The van der Waals surface area contributed by atoms with E-state index in [0.29, 0.717) is 6.54 Å². The molecule has 0 atom stereocenters. The summed E-state index contributed by atoms with van der Waals surface area (Å²) in [7, 11) is -1.56. The molecular formula is C37H30NO2P. The molecule has 0 amide bonds. The van der Waals surface area contributed by atoms with Gasteiger partial charge in [-0.2, -0.15) is 4.67 Å². The maximum Gasteiger partial charge on any atom is 0.310 e. The van der Waals surface area contributed by atoms with Gasteiger partial charge in [-0.25, -0.2) is 0 Å². The molecule has 41 heavy (non-hydrogen) atoms. The van der Waals surface area contributed by atoms with Gasteiger partial charge in [0.1, 0.15) is 11.2 Å². The number of fused-ring (bicyclic) bond motifs is 7. The first kappa shape index (κ1) is 25.4. The van der Waals surface area contributed by atoms with Crippen LogP contribution < -0.4 is 4.67 Å². The molecule has 7 aromatic rings. The van der Waals surface area contributed by atoms with E-state index in [0.717, 1.165) is 32.7 Å². The zero-order chi connectivity index (χ0) is 27.6. The lowest BCUT2D eigenvalue weighted by Crippen LogP contribution is -2.27. The second kappa shape index (κ2) is 11.1. The van der Waals surface area contributed by atoms with Gasteiger partial charge in [0.15, 0.2) is 0 Å². The Morgan fingerprint density at radius 2 is 1.05 bits per heavy atom. The largest absolute Gasteiger partial charge is 0.408 e. The van der Waals surface area contributed by atoms with Gasteiger partial charge in [0, 0.05) is 17.3 Å². The molecule has 0 bridgehead atoms. The quantitative estimate of drug-likeness (QED) is 0.193. The second-order valence-electron chi connectivity index (χ2n) is 10.2. The SMILES string of the molecule is C/C=C/CN(C(c1ccccc1)c1ccccc1)p1oc2ccc3ccccc3c2c2c(ccc3ccccc32)o1. The number of hydrogen-bond acceptors (Lipinski definition) is 3.